The Kier molecular flexibility index (Phi) is 3.98. The van der Waals surface area contributed by atoms with Crippen molar-refractivity contribution in [1.82, 2.24) is 14.4 Å². The van der Waals surface area contributed by atoms with Gasteiger partial charge >= 0.3 is 0 Å². The van der Waals surface area contributed by atoms with Gasteiger partial charge in [-0.3, -0.25) is 14.2 Å². The molecule has 8 nitrogen and oxygen atoms in total. The molecule has 2 aromatic rings. The highest BCUT2D eigenvalue weighted by molar-refractivity contribution is 7.71. The maximum absolute atomic E-state index is 13.9. The molecule has 4 N–H and O–H groups in total. The van der Waals surface area contributed by atoms with Crippen LogP contribution in [0.4, 0.5) is 8.78 Å². The summed E-state index contributed by atoms with van der Waals surface area (Å²) in [7, 11) is 0. The van der Waals surface area contributed by atoms with Crippen LogP contribution >= 0.6 is 12.2 Å². The molecule has 3 heterocycles. The van der Waals surface area contributed by atoms with Crippen LogP contribution in [0.2, 0.25) is 0 Å². The number of fused-ring (bicyclic) bond motifs is 1. The number of aromatic nitrogens is 3. The Balaban J connectivity index is 2.18. The van der Waals surface area contributed by atoms with Crippen molar-refractivity contribution in [1.29, 1.82) is 0 Å². The molecular weight excluding hydrogens is 336 g/mol. The van der Waals surface area contributed by atoms with Gasteiger partial charge < -0.3 is 20.1 Å². The van der Waals surface area contributed by atoms with Crippen molar-refractivity contribution < 1.29 is 28.8 Å². The molecule has 1 unspecified atom stereocenters. The van der Waals surface area contributed by atoms with E-state index in [1.54, 1.807) is 0 Å². The minimum absolute atomic E-state index is 0.00495. The molecule has 3 rings (SSSR count). The third-order valence-corrected chi connectivity index (χ3v) is 3.94. The van der Waals surface area contributed by atoms with Crippen LogP contribution in [0.3, 0.4) is 0 Å². The smallest absolute Gasteiger partial charge is 0.291 e. The first kappa shape index (κ1) is 16.1. The molecular formula is C12H11F2N3O5S. The van der Waals surface area contributed by atoms with Gasteiger partial charge in [-0.15, -0.1) is 0 Å². The van der Waals surface area contributed by atoms with E-state index in [4.69, 9.17) is 22.1 Å². The molecule has 1 saturated heterocycles. The van der Waals surface area contributed by atoms with E-state index in [1.165, 1.54) is 0 Å². The minimum Gasteiger partial charge on any atom is -0.394 e. The van der Waals surface area contributed by atoms with Crippen molar-refractivity contribution in [2.24, 2.45) is 0 Å². The number of nitrogens with zero attached hydrogens (tertiary/aromatic N) is 2. The van der Waals surface area contributed by atoms with Crippen molar-refractivity contribution in [3.8, 4) is 0 Å². The Bertz CT molecular complexity index is 885. The van der Waals surface area contributed by atoms with E-state index in [0.717, 1.165) is 6.20 Å². The summed E-state index contributed by atoms with van der Waals surface area (Å²) in [6.45, 7) is -0.550. The van der Waals surface area contributed by atoms with E-state index in [0.29, 0.717) is 4.40 Å². The molecule has 0 spiro atoms. The number of nitrogens with one attached hydrogen (secondary N) is 1. The summed E-state index contributed by atoms with van der Waals surface area (Å²) in [4.78, 5) is 17.0. The summed E-state index contributed by atoms with van der Waals surface area (Å²) >= 11 is 5.00. The Morgan fingerprint density at radius 3 is 2.70 bits per heavy atom. The van der Waals surface area contributed by atoms with Crippen molar-refractivity contribution in [2.45, 2.75) is 24.4 Å². The number of H-pyrrole nitrogens is 1. The van der Waals surface area contributed by atoms with Crippen molar-refractivity contribution >= 4 is 18.0 Å². The molecule has 1 aliphatic rings. The van der Waals surface area contributed by atoms with E-state index < -0.39 is 48.3 Å². The molecule has 0 aliphatic carbocycles. The number of hydrogen-bond donors (Lipinski definition) is 4. The SMILES string of the molecule is O=c1[nH]c2nc(=S)c([C@@H]3O[C@H](CO)C(O)[C@@H]3O)cn2c(F)c1F. The van der Waals surface area contributed by atoms with Gasteiger partial charge in [-0.1, -0.05) is 12.2 Å². The fourth-order valence-electron chi connectivity index (χ4n) is 2.42. The Labute approximate surface area is 131 Å². The van der Waals surface area contributed by atoms with E-state index in [9.17, 15) is 23.8 Å². The lowest BCUT2D eigenvalue weighted by molar-refractivity contribution is -0.0231. The summed E-state index contributed by atoms with van der Waals surface area (Å²) in [5.74, 6) is -3.44. The molecule has 1 fully saturated rings. The highest BCUT2D eigenvalue weighted by Crippen LogP contribution is 2.33. The minimum atomic E-state index is -1.63. The molecule has 0 saturated carbocycles. The van der Waals surface area contributed by atoms with Crippen molar-refractivity contribution in [3.63, 3.8) is 0 Å². The van der Waals surface area contributed by atoms with Crippen molar-refractivity contribution in [3.05, 3.63) is 38.5 Å². The average molecular weight is 347 g/mol. The van der Waals surface area contributed by atoms with Crippen LogP contribution in [0.15, 0.2) is 11.0 Å². The average Bonchev–Trinajstić information content (AvgIpc) is 2.80. The summed E-state index contributed by atoms with van der Waals surface area (Å²) in [5, 5.41) is 28.8. The van der Waals surface area contributed by atoms with Crippen LogP contribution in [-0.2, 0) is 4.74 Å². The van der Waals surface area contributed by atoms with E-state index in [1.807, 2.05) is 4.98 Å². The monoisotopic (exact) mass is 347 g/mol. The van der Waals surface area contributed by atoms with Gasteiger partial charge in [-0.05, 0) is 0 Å². The van der Waals surface area contributed by atoms with E-state index in [-0.39, 0.29) is 16.0 Å². The van der Waals surface area contributed by atoms with Gasteiger partial charge in [0.05, 0.1) is 6.61 Å². The van der Waals surface area contributed by atoms with Crippen LogP contribution in [-0.4, -0.2) is 54.6 Å². The lowest BCUT2D eigenvalue weighted by Gasteiger charge is -2.15. The molecule has 124 valence electrons. The first-order chi connectivity index (χ1) is 10.8. The molecule has 1 aliphatic heterocycles. The second-order valence-corrected chi connectivity index (χ2v) is 5.40. The van der Waals surface area contributed by atoms with Gasteiger partial charge in [-0.2, -0.15) is 8.78 Å². The number of aromatic amines is 1. The standard InChI is InChI=1S/C12H11F2N3O5S/c13-5-9(14)17-1-3(11(23)16-12(17)15-10(5)21)8-7(20)6(19)4(2-18)22-8/h1,4,6-8,18-20H,2H2,(H,15,16,21,23)/t4-,6?,7+,8+/m1/s1. The maximum atomic E-state index is 13.9. The zero-order valence-electron chi connectivity index (χ0n) is 11.3. The van der Waals surface area contributed by atoms with Crippen LogP contribution in [0.5, 0.6) is 0 Å². The number of ether oxygens (including phenoxy) is 1. The number of hydrogen-bond acceptors (Lipinski definition) is 7. The fraction of sp³-hybridized carbons (Fsp3) is 0.417. The van der Waals surface area contributed by atoms with Gasteiger partial charge in [0.1, 0.15) is 29.1 Å². The lowest BCUT2D eigenvalue weighted by atomic mass is 10.0. The van der Waals surface area contributed by atoms with Gasteiger partial charge in [0.2, 0.25) is 17.5 Å². The summed E-state index contributed by atoms with van der Waals surface area (Å²) in [6, 6.07) is 0. The molecule has 23 heavy (non-hydrogen) atoms. The highest BCUT2D eigenvalue weighted by Gasteiger charge is 2.43. The summed E-state index contributed by atoms with van der Waals surface area (Å²) in [6.07, 6.45) is -4.04. The Hall–Kier alpha value is -1.79. The molecule has 2 aromatic heterocycles. The van der Waals surface area contributed by atoms with Crippen LogP contribution < -0.4 is 5.56 Å². The second kappa shape index (κ2) is 5.69. The van der Waals surface area contributed by atoms with Gasteiger partial charge in [0, 0.05) is 11.8 Å². The Morgan fingerprint density at radius 1 is 1.39 bits per heavy atom. The van der Waals surface area contributed by atoms with Gasteiger partial charge in [0.15, 0.2) is 0 Å². The molecule has 0 bridgehead atoms. The number of aliphatic hydroxyl groups is 3. The quantitative estimate of drug-likeness (QED) is 0.414. The molecule has 0 amide bonds. The van der Waals surface area contributed by atoms with Crippen molar-refractivity contribution in [2.75, 3.05) is 6.61 Å². The lowest BCUT2D eigenvalue weighted by Crippen LogP contribution is -2.32. The largest absolute Gasteiger partial charge is 0.394 e. The predicted octanol–water partition coefficient (Wildman–Crippen LogP) is -0.816. The zero-order chi connectivity index (χ0) is 16.9. The summed E-state index contributed by atoms with van der Waals surface area (Å²) < 4.78 is 33.0. The van der Waals surface area contributed by atoms with Crippen LogP contribution in [0.25, 0.3) is 5.78 Å². The topological polar surface area (TPSA) is 120 Å². The first-order valence-electron chi connectivity index (χ1n) is 6.48. The first-order valence-corrected chi connectivity index (χ1v) is 6.89. The number of halogens is 2. The third kappa shape index (κ3) is 2.46. The molecule has 4 atom stereocenters. The summed E-state index contributed by atoms with van der Waals surface area (Å²) in [5.41, 5.74) is -1.28. The van der Waals surface area contributed by atoms with Gasteiger partial charge in [0.25, 0.3) is 5.56 Å². The zero-order valence-corrected chi connectivity index (χ0v) is 12.1. The normalized spacial score (nSPS) is 27.7. The predicted molar refractivity (Wildman–Crippen MR) is 73.3 cm³/mol. The Morgan fingerprint density at radius 2 is 2.09 bits per heavy atom. The molecule has 0 radical (unpaired) electrons. The highest BCUT2D eigenvalue weighted by atomic mass is 32.1. The van der Waals surface area contributed by atoms with Gasteiger partial charge in [-0.25, -0.2) is 4.98 Å². The number of rotatable bonds is 2. The van der Waals surface area contributed by atoms with Crippen LogP contribution in [0.1, 0.15) is 11.7 Å². The third-order valence-electron chi connectivity index (χ3n) is 3.62. The fourth-order valence-corrected chi connectivity index (χ4v) is 2.67. The molecule has 0 aromatic carbocycles. The second-order valence-electron chi connectivity index (χ2n) is 5.01. The number of aliphatic hydroxyl groups excluding tert-OH is 3. The van der Waals surface area contributed by atoms with E-state index in [2.05, 4.69) is 4.98 Å². The van der Waals surface area contributed by atoms with E-state index >= 15 is 0 Å². The molecule has 11 heteroatoms. The van der Waals surface area contributed by atoms with Crippen LogP contribution in [0, 0.1) is 16.4 Å². The maximum Gasteiger partial charge on any atom is 0.291 e.